The van der Waals surface area contributed by atoms with Gasteiger partial charge in [-0.15, -0.1) is 0 Å². The SMILES string of the molecule is Bc1cccc(C[C@@H](O)CCC)c1. The quantitative estimate of drug-likeness (QED) is 0.667. The maximum Gasteiger partial charge on any atom is 0.139 e. The van der Waals surface area contributed by atoms with Gasteiger partial charge in [-0.1, -0.05) is 43.1 Å². The summed E-state index contributed by atoms with van der Waals surface area (Å²) >= 11 is 0. The van der Waals surface area contributed by atoms with Crippen molar-refractivity contribution in [2.24, 2.45) is 0 Å². The molecule has 0 radical (unpaired) electrons. The lowest BCUT2D eigenvalue weighted by atomic mass is 9.92. The van der Waals surface area contributed by atoms with E-state index in [4.69, 9.17) is 0 Å². The molecule has 1 aromatic rings. The lowest BCUT2D eigenvalue weighted by Crippen LogP contribution is -2.11. The minimum atomic E-state index is -0.174. The van der Waals surface area contributed by atoms with E-state index in [2.05, 4.69) is 33.0 Å². The van der Waals surface area contributed by atoms with Crippen LogP contribution in [-0.4, -0.2) is 19.1 Å². The van der Waals surface area contributed by atoms with E-state index in [9.17, 15) is 5.11 Å². The van der Waals surface area contributed by atoms with E-state index >= 15 is 0 Å². The third-order valence-electron chi connectivity index (χ3n) is 2.18. The topological polar surface area (TPSA) is 20.2 Å². The van der Waals surface area contributed by atoms with Gasteiger partial charge in [-0.25, -0.2) is 0 Å². The van der Waals surface area contributed by atoms with Gasteiger partial charge in [0.2, 0.25) is 0 Å². The maximum atomic E-state index is 9.59. The largest absolute Gasteiger partial charge is 0.393 e. The smallest absolute Gasteiger partial charge is 0.139 e. The van der Waals surface area contributed by atoms with Crippen LogP contribution in [0.1, 0.15) is 25.3 Å². The molecule has 0 aliphatic carbocycles. The molecule has 0 amide bonds. The van der Waals surface area contributed by atoms with Crippen molar-refractivity contribution in [1.82, 2.24) is 0 Å². The highest BCUT2D eigenvalue weighted by molar-refractivity contribution is 6.32. The number of hydrogen-bond donors (Lipinski definition) is 1. The molecule has 0 saturated heterocycles. The van der Waals surface area contributed by atoms with Gasteiger partial charge in [0.25, 0.3) is 0 Å². The van der Waals surface area contributed by atoms with E-state index in [0.717, 1.165) is 19.3 Å². The lowest BCUT2D eigenvalue weighted by Gasteiger charge is -2.09. The molecule has 1 N–H and O–H groups in total. The predicted molar refractivity (Wildman–Crippen MR) is 59.2 cm³/mol. The highest BCUT2D eigenvalue weighted by atomic mass is 16.3. The molecule has 0 aromatic heterocycles. The van der Waals surface area contributed by atoms with Crippen molar-refractivity contribution < 1.29 is 5.11 Å². The van der Waals surface area contributed by atoms with Crippen LogP contribution in [0.2, 0.25) is 0 Å². The Morgan fingerprint density at radius 3 is 2.85 bits per heavy atom. The number of hydrogen-bond acceptors (Lipinski definition) is 1. The molecular weight excluding hydrogens is 159 g/mol. The standard InChI is InChI=1S/C11H17BO/c1-2-4-11(13)8-9-5-3-6-10(12)7-9/h3,5-7,11,13H,2,4,8,12H2,1H3/t11-/m0/s1. The zero-order valence-corrected chi connectivity index (χ0v) is 8.46. The average molecular weight is 176 g/mol. The van der Waals surface area contributed by atoms with E-state index < -0.39 is 0 Å². The Hall–Kier alpha value is -0.755. The highest BCUT2D eigenvalue weighted by Crippen LogP contribution is 2.05. The molecule has 70 valence electrons. The van der Waals surface area contributed by atoms with Gasteiger partial charge in [-0.3, -0.25) is 0 Å². The molecule has 0 heterocycles. The number of aliphatic hydroxyl groups is 1. The summed E-state index contributed by atoms with van der Waals surface area (Å²) in [6.45, 7) is 2.10. The third-order valence-corrected chi connectivity index (χ3v) is 2.18. The minimum absolute atomic E-state index is 0.174. The Balaban J connectivity index is 2.53. The fraction of sp³-hybridized carbons (Fsp3) is 0.455. The van der Waals surface area contributed by atoms with Crippen LogP contribution < -0.4 is 5.46 Å². The van der Waals surface area contributed by atoms with Crippen molar-refractivity contribution in [2.45, 2.75) is 32.3 Å². The van der Waals surface area contributed by atoms with Gasteiger partial charge in [0.1, 0.15) is 7.85 Å². The second kappa shape index (κ2) is 5.08. The van der Waals surface area contributed by atoms with E-state index in [1.54, 1.807) is 0 Å². The molecule has 2 heteroatoms. The molecule has 13 heavy (non-hydrogen) atoms. The summed E-state index contributed by atoms with van der Waals surface area (Å²) in [4.78, 5) is 0. The van der Waals surface area contributed by atoms with Crippen molar-refractivity contribution >= 4 is 13.3 Å². The van der Waals surface area contributed by atoms with Gasteiger partial charge < -0.3 is 5.11 Å². The van der Waals surface area contributed by atoms with Crippen LogP contribution in [0.3, 0.4) is 0 Å². The zero-order valence-electron chi connectivity index (χ0n) is 8.46. The Bertz CT molecular complexity index is 260. The van der Waals surface area contributed by atoms with Crippen LogP contribution >= 0.6 is 0 Å². The van der Waals surface area contributed by atoms with E-state index in [1.165, 1.54) is 11.0 Å². The van der Waals surface area contributed by atoms with Crippen LogP contribution in [0.4, 0.5) is 0 Å². The third kappa shape index (κ3) is 3.64. The number of aliphatic hydroxyl groups excluding tert-OH is 1. The zero-order chi connectivity index (χ0) is 9.68. The van der Waals surface area contributed by atoms with Gasteiger partial charge >= 0.3 is 0 Å². The van der Waals surface area contributed by atoms with Crippen LogP contribution in [0.15, 0.2) is 24.3 Å². The summed E-state index contributed by atoms with van der Waals surface area (Å²) in [7, 11) is 2.08. The van der Waals surface area contributed by atoms with Gasteiger partial charge in [0.05, 0.1) is 6.10 Å². The number of benzene rings is 1. The van der Waals surface area contributed by atoms with Crippen molar-refractivity contribution in [3.8, 4) is 0 Å². The van der Waals surface area contributed by atoms with Crippen LogP contribution in [0, 0.1) is 0 Å². The summed E-state index contributed by atoms with van der Waals surface area (Å²) in [5, 5.41) is 9.59. The summed E-state index contributed by atoms with van der Waals surface area (Å²) < 4.78 is 0. The van der Waals surface area contributed by atoms with E-state index in [1.807, 2.05) is 6.07 Å². The molecule has 0 aliphatic rings. The van der Waals surface area contributed by atoms with Gasteiger partial charge in [0.15, 0.2) is 0 Å². The van der Waals surface area contributed by atoms with Gasteiger partial charge in [-0.2, -0.15) is 0 Å². The minimum Gasteiger partial charge on any atom is -0.393 e. The van der Waals surface area contributed by atoms with Crippen LogP contribution in [0.25, 0.3) is 0 Å². The Kier molecular flexibility index (Phi) is 4.03. The average Bonchev–Trinajstić information content (AvgIpc) is 2.04. The molecule has 0 saturated carbocycles. The molecule has 1 nitrogen and oxygen atoms in total. The first kappa shape index (κ1) is 10.3. The van der Waals surface area contributed by atoms with Crippen molar-refractivity contribution in [3.63, 3.8) is 0 Å². The maximum absolute atomic E-state index is 9.59. The Morgan fingerprint density at radius 2 is 2.23 bits per heavy atom. The van der Waals surface area contributed by atoms with Crippen LogP contribution in [0.5, 0.6) is 0 Å². The molecule has 1 aromatic carbocycles. The Labute approximate surface area is 81.2 Å². The first-order valence-corrected chi connectivity index (χ1v) is 4.96. The predicted octanol–water partition coefficient (Wildman–Crippen LogP) is 0.649. The molecule has 1 rings (SSSR count). The first-order valence-electron chi connectivity index (χ1n) is 4.96. The van der Waals surface area contributed by atoms with Gasteiger partial charge in [-0.05, 0) is 18.4 Å². The number of rotatable bonds is 4. The van der Waals surface area contributed by atoms with Crippen molar-refractivity contribution in [2.75, 3.05) is 0 Å². The molecule has 0 fully saturated rings. The fourth-order valence-electron chi connectivity index (χ4n) is 1.55. The monoisotopic (exact) mass is 176 g/mol. The molecule has 0 aliphatic heterocycles. The highest BCUT2D eigenvalue weighted by Gasteiger charge is 2.03. The van der Waals surface area contributed by atoms with E-state index in [-0.39, 0.29) is 6.10 Å². The molecule has 0 unspecified atom stereocenters. The van der Waals surface area contributed by atoms with Crippen molar-refractivity contribution in [1.29, 1.82) is 0 Å². The normalized spacial score (nSPS) is 12.8. The van der Waals surface area contributed by atoms with E-state index in [0.29, 0.717) is 0 Å². The molecule has 0 bridgehead atoms. The van der Waals surface area contributed by atoms with Gasteiger partial charge in [0, 0.05) is 0 Å². The fourth-order valence-corrected chi connectivity index (χ4v) is 1.55. The molecule has 1 atom stereocenters. The summed E-state index contributed by atoms with van der Waals surface area (Å²) in [6, 6.07) is 8.34. The second-order valence-corrected chi connectivity index (χ2v) is 3.64. The first-order chi connectivity index (χ1) is 6.22. The second-order valence-electron chi connectivity index (χ2n) is 3.64. The lowest BCUT2D eigenvalue weighted by molar-refractivity contribution is 0.164. The summed E-state index contributed by atoms with van der Waals surface area (Å²) in [6.07, 6.45) is 2.56. The van der Waals surface area contributed by atoms with Crippen LogP contribution in [-0.2, 0) is 6.42 Å². The summed E-state index contributed by atoms with van der Waals surface area (Å²) in [5.74, 6) is 0. The van der Waals surface area contributed by atoms with Crippen molar-refractivity contribution in [3.05, 3.63) is 29.8 Å². The molecular formula is C11H17BO. The summed E-state index contributed by atoms with van der Waals surface area (Å²) in [5.41, 5.74) is 2.50. The molecule has 0 spiro atoms. The Morgan fingerprint density at radius 1 is 1.46 bits per heavy atom.